The molecule has 0 atom stereocenters. The highest BCUT2D eigenvalue weighted by molar-refractivity contribution is 5.99. The molecule has 1 amide bonds. The highest BCUT2D eigenvalue weighted by Crippen LogP contribution is 2.25. The van der Waals surface area contributed by atoms with Crippen molar-refractivity contribution >= 4 is 28.7 Å². The predicted octanol–water partition coefficient (Wildman–Crippen LogP) is 4.10. The Balaban J connectivity index is 1.47. The molecule has 0 spiro atoms. The number of H-pyrrole nitrogens is 1. The van der Waals surface area contributed by atoms with Gasteiger partial charge in [-0.3, -0.25) is 14.9 Å². The van der Waals surface area contributed by atoms with E-state index in [0.29, 0.717) is 11.3 Å². The van der Waals surface area contributed by atoms with Crippen LogP contribution in [-0.2, 0) is 0 Å². The molecule has 0 aliphatic rings. The van der Waals surface area contributed by atoms with Crippen LogP contribution in [0.4, 0.5) is 5.69 Å². The maximum Gasteiger partial charge on any atom is 0.307 e. The van der Waals surface area contributed by atoms with Crippen molar-refractivity contribution in [2.24, 2.45) is 5.10 Å². The largest absolute Gasteiger partial charge is 0.451 e. The lowest BCUT2D eigenvalue weighted by Crippen LogP contribution is -2.16. The minimum Gasteiger partial charge on any atom is -0.451 e. The van der Waals surface area contributed by atoms with Crippen LogP contribution in [0.1, 0.15) is 16.1 Å². The third kappa shape index (κ3) is 3.38. The number of aromatic nitrogens is 1. The number of benzene rings is 2. The first-order chi connectivity index (χ1) is 13.6. The van der Waals surface area contributed by atoms with E-state index in [1.807, 2.05) is 24.3 Å². The third-order valence-corrected chi connectivity index (χ3v) is 4.16. The van der Waals surface area contributed by atoms with E-state index in [-0.39, 0.29) is 11.4 Å². The number of rotatable bonds is 5. The molecule has 0 saturated carbocycles. The molecule has 2 aromatic carbocycles. The quantitative estimate of drug-likeness (QED) is 0.311. The number of fused-ring (bicyclic) bond motifs is 1. The average Bonchev–Trinajstić information content (AvgIpc) is 3.36. The fraction of sp³-hybridized carbons (Fsp3) is 0. The second-order valence-electron chi connectivity index (χ2n) is 5.96. The number of aromatic amines is 1. The molecular weight excluding hydrogens is 360 g/mol. The van der Waals surface area contributed by atoms with E-state index in [2.05, 4.69) is 15.5 Å². The van der Waals surface area contributed by atoms with E-state index >= 15 is 0 Å². The lowest BCUT2D eigenvalue weighted by Gasteiger charge is -1.98. The molecule has 2 heterocycles. The maximum atomic E-state index is 12.2. The van der Waals surface area contributed by atoms with Crippen LogP contribution in [0.25, 0.3) is 22.2 Å². The van der Waals surface area contributed by atoms with Crippen LogP contribution in [-0.4, -0.2) is 22.0 Å². The summed E-state index contributed by atoms with van der Waals surface area (Å²) in [7, 11) is 0. The second-order valence-corrected chi connectivity index (χ2v) is 5.96. The third-order valence-electron chi connectivity index (χ3n) is 4.16. The Morgan fingerprint density at radius 3 is 2.86 bits per heavy atom. The zero-order valence-corrected chi connectivity index (χ0v) is 14.5. The van der Waals surface area contributed by atoms with Gasteiger partial charge in [0.2, 0.25) is 0 Å². The first-order valence-electron chi connectivity index (χ1n) is 8.36. The predicted molar refractivity (Wildman–Crippen MR) is 104 cm³/mol. The van der Waals surface area contributed by atoms with Gasteiger partial charge in [-0.1, -0.05) is 30.3 Å². The second kappa shape index (κ2) is 7.20. The van der Waals surface area contributed by atoms with Gasteiger partial charge in [0, 0.05) is 40.4 Å². The summed E-state index contributed by atoms with van der Waals surface area (Å²) in [6.07, 6.45) is 3.34. The van der Waals surface area contributed by atoms with E-state index in [0.717, 1.165) is 16.5 Å². The molecule has 4 rings (SSSR count). The number of carbonyl (C=O) groups excluding carboxylic acids is 1. The van der Waals surface area contributed by atoms with Crippen molar-refractivity contribution in [3.05, 3.63) is 88.3 Å². The molecular formula is C20H14N4O4. The molecule has 0 aliphatic heterocycles. The number of hydrogen-bond donors (Lipinski definition) is 2. The van der Waals surface area contributed by atoms with Gasteiger partial charge in [0.25, 0.3) is 5.69 Å². The van der Waals surface area contributed by atoms with Crippen molar-refractivity contribution in [3.8, 4) is 11.3 Å². The van der Waals surface area contributed by atoms with Crippen LogP contribution in [0, 0.1) is 10.1 Å². The number of para-hydroxylation sites is 1. The Morgan fingerprint density at radius 2 is 2.00 bits per heavy atom. The molecule has 0 saturated heterocycles. The highest BCUT2D eigenvalue weighted by atomic mass is 16.6. The molecule has 8 heteroatoms. The maximum absolute atomic E-state index is 12.2. The lowest BCUT2D eigenvalue weighted by atomic mass is 10.1. The summed E-state index contributed by atoms with van der Waals surface area (Å²) in [6.45, 7) is 0. The van der Waals surface area contributed by atoms with Crippen LogP contribution in [0.15, 0.2) is 76.4 Å². The molecule has 2 N–H and O–H groups in total. The van der Waals surface area contributed by atoms with Gasteiger partial charge < -0.3 is 9.40 Å². The van der Waals surface area contributed by atoms with E-state index in [1.54, 1.807) is 30.6 Å². The van der Waals surface area contributed by atoms with Gasteiger partial charge in [-0.25, -0.2) is 5.43 Å². The number of amides is 1. The van der Waals surface area contributed by atoms with E-state index in [4.69, 9.17) is 4.42 Å². The van der Waals surface area contributed by atoms with E-state index in [9.17, 15) is 14.9 Å². The monoisotopic (exact) mass is 374 g/mol. The number of nitrogens with one attached hydrogen (secondary N) is 2. The van der Waals surface area contributed by atoms with Crippen LogP contribution in [0.2, 0.25) is 0 Å². The van der Waals surface area contributed by atoms with Crippen molar-refractivity contribution in [1.29, 1.82) is 0 Å². The molecule has 4 aromatic rings. The molecule has 0 bridgehead atoms. The Morgan fingerprint density at radius 1 is 1.14 bits per heavy atom. The smallest absolute Gasteiger partial charge is 0.307 e. The van der Waals surface area contributed by atoms with Crippen LogP contribution in [0.3, 0.4) is 0 Å². The Kier molecular flexibility index (Phi) is 4.43. The Bertz CT molecular complexity index is 1210. The molecule has 0 aliphatic carbocycles. The van der Waals surface area contributed by atoms with E-state index in [1.165, 1.54) is 18.2 Å². The van der Waals surface area contributed by atoms with Crippen LogP contribution < -0.4 is 5.43 Å². The minimum absolute atomic E-state index is 0.0526. The number of nitrogens with zero attached hydrogens (tertiary/aromatic N) is 2. The number of furan rings is 1. The first-order valence-corrected chi connectivity index (χ1v) is 8.36. The molecule has 28 heavy (non-hydrogen) atoms. The molecule has 0 fully saturated rings. The highest BCUT2D eigenvalue weighted by Gasteiger charge is 2.14. The molecule has 2 aromatic heterocycles. The van der Waals surface area contributed by atoms with Gasteiger partial charge in [-0.05, 0) is 18.2 Å². The zero-order valence-electron chi connectivity index (χ0n) is 14.5. The standard InChI is InChI=1S/C20H14N4O4/c25-20(23-22-12-14-11-21-17-7-2-1-6-16(14)17)19-9-8-18(28-19)13-4-3-5-15(10-13)24(26)27/h1-12,21H,(H,23,25). The summed E-state index contributed by atoms with van der Waals surface area (Å²) in [5, 5.41) is 15.8. The van der Waals surface area contributed by atoms with Gasteiger partial charge in [0.1, 0.15) is 5.76 Å². The fourth-order valence-electron chi connectivity index (χ4n) is 2.80. The van der Waals surface area contributed by atoms with Crippen molar-refractivity contribution in [2.45, 2.75) is 0 Å². The summed E-state index contributed by atoms with van der Waals surface area (Å²) in [4.78, 5) is 25.7. The normalized spacial score (nSPS) is 11.1. The summed E-state index contributed by atoms with van der Waals surface area (Å²) < 4.78 is 5.51. The summed E-state index contributed by atoms with van der Waals surface area (Å²) >= 11 is 0. The number of nitro groups is 1. The zero-order chi connectivity index (χ0) is 19.5. The van der Waals surface area contributed by atoms with Gasteiger partial charge in [-0.15, -0.1) is 0 Å². The van der Waals surface area contributed by atoms with Crippen LogP contribution >= 0.6 is 0 Å². The van der Waals surface area contributed by atoms with Crippen molar-refractivity contribution in [2.75, 3.05) is 0 Å². The molecule has 8 nitrogen and oxygen atoms in total. The summed E-state index contributed by atoms with van der Waals surface area (Å²) in [6, 6.07) is 16.8. The van der Waals surface area contributed by atoms with Crippen molar-refractivity contribution < 1.29 is 14.1 Å². The number of hydrogen-bond acceptors (Lipinski definition) is 5. The number of non-ortho nitro benzene ring substituents is 1. The van der Waals surface area contributed by atoms with Crippen molar-refractivity contribution in [1.82, 2.24) is 10.4 Å². The molecule has 138 valence electrons. The van der Waals surface area contributed by atoms with Gasteiger partial charge in [0.05, 0.1) is 11.1 Å². The number of hydrazone groups is 1. The average molecular weight is 374 g/mol. The SMILES string of the molecule is O=C(NN=Cc1c[nH]c2ccccc12)c1ccc(-c2cccc([N+](=O)[O-])c2)o1. The first kappa shape index (κ1) is 17.2. The van der Waals surface area contributed by atoms with Gasteiger partial charge in [0.15, 0.2) is 5.76 Å². The number of carbonyl (C=O) groups is 1. The minimum atomic E-state index is -0.521. The van der Waals surface area contributed by atoms with Gasteiger partial charge >= 0.3 is 5.91 Å². The van der Waals surface area contributed by atoms with Crippen molar-refractivity contribution in [3.63, 3.8) is 0 Å². The Labute approximate surface area is 158 Å². The summed E-state index contributed by atoms with van der Waals surface area (Å²) in [5.41, 5.74) is 4.68. The van der Waals surface area contributed by atoms with Gasteiger partial charge in [-0.2, -0.15) is 5.10 Å². The summed E-state index contributed by atoms with van der Waals surface area (Å²) in [5.74, 6) is -0.111. The lowest BCUT2D eigenvalue weighted by molar-refractivity contribution is -0.384. The topological polar surface area (TPSA) is 114 Å². The fourth-order valence-corrected chi connectivity index (χ4v) is 2.80. The Hall–Kier alpha value is -4.20. The number of nitro benzene ring substituents is 1. The van der Waals surface area contributed by atoms with Crippen LogP contribution in [0.5, 0.6) is 0 Å². The molecule has 0 unspecified atom stereocenters. The molecule has 0 radical (unpaired) electrons. The van der Waals surface area contributed by atoms with E-state index < -0.39 is 10.8 Å².